The van der Waals surface area contributed by atoms with E-state index in [0.29, 0.717) is 32.5 Å². The van der Waals surface area contributed by atoms with Gasteiger partial charge in [-0.2, -0.15) is 0 Å². The number of likely N-dealkylation sites (tertiary alicyclic amines) is 2. The Balaban J connectivity index is 1.50. The van der Waals surface area contributed by atoms with Crippen LogP contribution in [0.4, 0.5) is 4.79 Å². The maximum absolute atomic E-state index is 12.5. The highest BCUT2D eigenvalue weighted by Gasteiger charge is 2.34. The van der Waals surface area contributed by atoms with E-state index in [1.54, 1.807) is 4.90 Å². The number of benzene rings is 1. The number of nitrogens with one attached hydrogen (secondary N) is 2. The van der Waals surface area contributed by atoms with Crippen LogP contribution in [-0.4, -0.2) is 52.8 Å². The van der Waals surface area contributed by atoms with E-state index in [0.717, 1.165) is 30.5 Å². The predicted octanol–water partition coefficient (Wildman–Crippen LogP) is 2.01. The maximum atomic E-state index is 12.5. The number of hydrogen-bond donors (Lipinski definition) is 2. The molecule has 0 aliphatic carbocycles. The minimum atomic E-state index is -0.386. The molecule has 152 valence electrons. The smallest absolute Gasteiger partial charge is 0.318 e. The van der Waals surface area contributed by atoms with Crippen molar-refractivity contribution in [2.75, 3.05) is 13.1 Å². The Kier molecular flexibility index (Phi) is 6.54. The first-order valence-electron chi connectivity index (χ1n) is 10.1. The van der Waals surface area contributed by atoms with Crippen LogP contribution in [0.5, 0.6) is 0 Å². The molecule has 7 nitrogen and oxygen atoms in total. The van der Waals surface area contributed by atoms with Crippen molar-refractivity contribution < 1.29 is 14.4 Å². The summed E-state index contributed by atoms with van der Waals surface area (Å²) in [6.45, 7) is 6.33. The van der Waals surface area contributed by atoms with Gasteiger partial charge in [0.25, 0.3) is 0 Å². The molecule has 0 unspecified atom stereocenters. The lowest BCUT2D eigenvalue weighted by Crippen LogP contribution is -2.50. The summed E-state index contributed by atoms with van der Waals surface area (Å²) >= 11 is 0. The second-order valence-corrected chi connectivity index (χ2v) is 7.91. The summed E-state index contributed by atoms with van der Waals surface area (Å²) in [5, 5.41) is 5.81. The van der Waals surface area contributed by atoms with Gasteiger partial charge in [-0.15, -0.1) is 0 Å². The van der Waals surface area contributed by atoms with E-state index in [1.165, 1.54) is 0 Å². The fraction of sp³-hybridized carbons (Fsp3) is 0.571. The van der Waals surface area contributed by atoms with Crippen molar-refractivity contribution >= 4 is 17.8 Å². The second-order valence-electron chi connectivity index (χ2n) is 7.91. The Morgan fingerprint density at radius 2 is 1.82 bits per heavy atom. The minimum absolute atomic E-state index is 0.0624. The number of nitrogens with zero attached hydrogens (tertiary/aromatic N) is 2. The van der Waals surface area contributed by atoms with Crippen LogP contribution in [0.15, 0.2) is 24.3 Å². The average molecular weight is 386 g/mol. The molecular formula is C21H30N4O3. The first-order chi connectivity index (χ1) is 13.4. The maximum Gasteiger partial charge on any atom is 0.318 e. The van der Waals surface area contributed by atoms with Crippen molar-refractivity contribution in [3.05, 3.63) is 35.4 Å². The molecule has 4 amide bonds. The largest absolute Gasteiger partial charge is 0.352 e. The first kappa shape index (κ1) is 20.2. The molecule has 0 radical (unpaired) electrons. The van der Waals surface area contributed by atoms with Gasteiger partial charge < -0.3 is 20.4 Å². The quantitative estimate of drug-likeness (QED) is 0.785. The van der Waals surface area contributed by atoms with Gasteiger partial charge in [-0.3, -0.25) is 9.59 Å². The zero-order chi connectivity index (χ0) is 20.1. The number of urea groups is 1. The molecule has 7 heteroatoms. The Morgan fingerprint density at radius 1 is 1.11 bits per heavy atom. The highest BCUT2D eigenvalue weighted by atomic mass is 16.2. The Labute approximate surface area is 166 Å². The summed E-state index contributed by atoms with van der Waals surface area (Å²) in [6, 6.07) is 7.43. The lowest BCUT2D eigenvalue weighted by Gasteiger charge is -2.25. The molecule has 2 fully saturated rings. The van der Waals surface area contributed by atoms with Gasteiger partial charge in [-0.05, 0) is 44.2 Å². The van der Waals surface area contributed by atoms with Crippen LogP contribution in [0, 0.1) is 0 Å². The van der Waals surface area contributed by atoms with Crippen molar-refractivity contribution in [1.29, 1.82) is 0 Å². The summed E-state index contributed by atoms with van der Waals surface area (Å²) in [5.74, 6) is 0.140. The topological polar surface area (TPSA) is 81.8 Å². The molecule has 28 heavy (non-hydrogen) atoms. The Hall–Kier alpha value is -2.57. The molecule has 0 spiro atoms. The molecule has 2 saturated heterocycles. The lowest BCUT2D eigenvalue weighted by molar-refractivity contribution is -0.128. The zero-order valence-electron chi connectivity index (χ0n) is 16.7. The van der Waals surface area contributed by atoms with E-state index < -0.39 is 0 Å². The van der Waals surface area contributed by atoms with Crippen molar-refractivity contribution in [2.24, 2.45) is 0 Å². The van der Waals surface area contributed by atoms with Gasteiger partial charge in [-0.25, -0.2) is 4.79 Å². The Morgan fingerprint density at radius 3 is 2.46 bits per heavy atom. The minimum Gasteiger partial charge on any atom is -0.352 e. The molecule has 0 bridgehead atoms. The predicted molar refractivity (Wildman–Crippen MR) is 106 cm³/mol. The van der Waals surface area contributed by atoms with Crippen LogP contribution in [-0.2, 0) is 22.7 Å². The highest BCUT2D eigenvalue weighted by Crippen LogP contribution is 2.18. The molecule has 2 heterocycles. The number of carbonyl (C=O) groups excluding carboxylic acids is 3. The standard InChI is InChI=1S/C21H30N4O3/c1-15(2)23-20(27)18-5-3-12-25(18)21(28)22-13-16-7-9-17(10-8-16)14-24-11-4-6-19(24)26/h7-10,15,18H,3-6,11-14H2,1-2H3,(H,22,28)(H,23,27)/t18-/m1/s1. The summed E-state index contributed by atoms with van der Waals surface area (Å²) in [7, 11) is 0. The molecule has 3 rings (SSSR count). The molecular weight excluding hydrogens is 356 g/mol. The third-order valence-electron chi connectivity index (χ3n) is 5.26. The normalized spacial score (nSPS) is 19.4. The van der Waals surface area contributed by atoms with Crippen molar-refractivity contribution in [1.82, 2.24) is 20.4 Å². The van der Waals surface area contributed by atoms with Crippen molar-refractivity contribution in [3.8, 4) is 0 Å². The molecule has 2 aliphatic rings. The van der Waals surface area contributed by atoms with Crippen LogP contribution >= 0.6 is 0 Å². The van der Waals surface area contributed by atoms with Crippen LogP contribution in [0.1, 0.15) is 50.7 Å². The van der Waals surface area contributed by atoms with E-state index in [2.05, 4.69) is 10.6 Å². The third kappa shape index (κ3) is 5.03. The van der Waals surface area contributed by atoms with E-state index in [9.17, 15) is 14.4 Å². The number of carbonyl (C=O) groups is 3. The SMILES string of the molecule is CC(C)NC(=O)[C@H]1CCCN1C(=O)NCc1ccc(CN2CCCC2=O)cc1. The summed E-state index contributed by atoms with van der Waals surface area (Å²) in [5.41, 5.74) is 2.09. The molecule has 0 saturated carbocycles. The van der Waals surface area contributed by atoms with Gasteiger partial charge in [0.05, 0.1) is 0 Å². The number of amides is 4. The summed E-state index contributed by atoms with van der Waals surface area (Å²) in [6.07, 6.45) is 3.13. The fourth-order valence-electron chi connectivity index (χ4n) is 3.80. The van der Waals surface area contributed by atoms with Crippen LogP contribution in [0.3, 0.4) is 0 Å². The van der Waals surface area contributed by atoms with Crippen LogP contribution < -0.4 is 10.6 Å². The highest BCUT2D eigenvalue weighted by molar-refractivity contribution is 5.87. The second kappa shape index (κ2) is 9.08. The Bertz CT molecular complexity index is 717. The zero-order valence-corrected chi connectivity index (χ0v) is 16.7. The third-order valence-corrected chi connectivity index (χ3v) is 5.26. The molecule has 2 aliphatic heterocycles. The van der Waals surface area contributed by atoms with Crippen LogP contribution in [0.2, 0.25) is 0 Å². The number of hydrogen-bond acceptors (Lipinski definition) is 3. The molecule has 1 aromatic carbocycles. The van der Waals surface area contributed by atoms with Crippen LogP contribution in [0.25, 0.3) is 0 Å². The molecule has 1 atom stereocenters. The summed E-state index contributed by atoms with van der Waals surface area (Å²) < 4.78 is 0. The van der Waals surface area contributed by atoms with E-state index >= 15 is 0 Å². The van der Waals surface area contributed by atoms with Gasteiger partial charge in [0.1, 0.15) is 6.04 Å². The van der Waals surface area contributed by atoms with Crippen molar-refractivity contribution in [3.63, 3.8) is 0 Å². The van der Waals surface area contributed by atoms with E-state index in [4.69, 9.17) is 0 Å². The van der Waals surface area contributed by atoms with Gasteiger partial charge in [0.15, 0.2) is 0 Å². The monoisotopic (exact) mass is 386 g/mol. The molecule has 1 aromatic rings. The van der Waals surface area contributed by atoms with Gasteiger partial charge >= 0.3 is 6.03 Å². The van der Waals surface area contributed by atoms with Crippen molar-refractivity contribution in [2.45, 2.75) is 64.7 Å². The molecule has 2 N–H and O–H groups in total. The van der Waals surface area contributed by atoms with Gasteiger partial charge in [0, 0.05) is 38.6 Å². The number of rotatable bonds is 6. The molecule has 0 aromatic heterocycles. The first-order valence-corrected chi connectivity index (χ1v) is 10.1. The average Bonchev–Trinajstić information content (AvgIpc) is 3.30. The summed E-state index contributed by atoms with van der Waals surface area (Å²) in [4.78, 5) is 40.1. The van der Waals surface area contributed by atoms with Gasteiger partial charge in [-0.1, -0.05) is 24.3 Å². The fourth-order valence-corrected chi connectivity index (χ4v) is 3.80. The van der Waals surface area contributed by atoms with E-state index in [-0.39, 0.29) is 29.9 Å². The van der Waals surface area contributed by atoms with E-state index in [1.807, 2.05) is 43.0 Å². The lowest BCUT2D eigenvalue weighted by atomic mass is 10.1. The van der Waals surface area contributed by atoms with Gasteiger partial charge in [0.2, 0.25) is 11.8 Å².